The van der Waals surface area contributed by atoms with E-state index in [0.717, 1.165) is 56.7 Å². The van der Waals surface area contributed by atoms with Crippen molar-refractivity contribution in [3.63, 3.8) is 0 Å². The number of rotatable bonds is 4. The van der Waals surface area contributed by atoms with Crippen molar-refractivity contribution < 1.29 is 0 Å². The largest absolute Gasteiger partial charge is 0.384 e. The average molecular weight is 289 g/mol. The summed E-state index contributed by atoms with van der Waals surface area (Å²) < 4.78 is 0. The average Bonchev–Trinajstić information content (AvgIpc) is 3.01. The zero-order valence-corrected chi connectivity index (χ0v) is 13.1. The van der Waals surface area contributed by atoms with Gasteiger partial charge >= 0.3 is 0 Å². The van der Waals surface area contributed by atoms with Crippen LogP contribution < -0.4 is 10.6 Å². The van der Waals surface area contributed by atoms with Crippen LogP contribution >= 0.6 is 0 Å². The molecule has 0 aromatic carbocycles. The van der Waals surface area contributed by atoms with Gasteiger partial charge in [-0.3, -0.25) is 4.90 Å². The van der Waals surface area contributed by atoms with Gasteiger partial charge in [0.05, 0.1) is 0 Å². The number of piperazine rings is 1. The van der Waals surface area contributed by atoms with E-state index in [4.69, 9.17) is 5.73 Å². The van der Waals surface area contributed by atoms with Gasteiger partial charge < -0.3 is 10.6 Å². The van der Waals surface area contributed by atoms with Crippen LogP contribution in [0, 0.1) is 0 Å². The van der Waals surface area contributed by atoms with Crippen molar-refractivity contribution in [1.82, 2.24) is 14.9 Å². The first kappa shape index (κ1) is 14.6. The van der Waals surface area contributed by atoms with Gasteiger partial charge in [-0.25, -0.2) is 9.97 Å². The van der Waals surface area contributed by atoms with E-state index in [1.807, 2.05) is 6.07 Å². The molecular weight excluding hydrogens is 262 g/mol. The summed E-state index contributed by atoms with van der Waals surface area (Å²) in [5.41, 5.74) is 5.94. The van der Waals surface area contributed by atoms with Crippen molar-refractivity contribution in [2.24, 2.45) is 0 Å². The highest BCUT2D eigenvalue weighted by Gasteiger charge is 2.26. The fourth-order valence-electron chi connectivity index (χ4n) is 3.59. The third-order valence-electron chi connectivity index (χ3n) is 4.73. The summed E-state index contributed by atoms with van der Waals surface area (Å²) in [5.74, 6) is 2.49. The van der Waals surface area contributed by atoms with Crippen LogP contribution in [0.15, 0.2) is 6.07 Å². The molecule has 21 heavy (non-hydrogen) atoms. The molecule has 0 amide bonds. The van der Waals surface area contributed by atoms with E-state index in [2.05, 4.69) is 26.7 Å². The summed E-state index contributed by atoms with van der Waals surface area (Å²) in [6, 6.07) is 2.75. The summed E-state index contributed by atoms with van der Waals surface area (Å²) >= 11 is 0. The molecule has 0 atom stereocenters. The highest BCUT2D eigenvalue weighted by Crippen LogP contribution is 2.25. The number of nitrogens with two attached hydrogens (primary N) is 1. The fraction of sp³-hybridized carbons (Fsp3) is 0.750. The highest BCUT2D eigenvalue weighted by atomic mass is 15.3. The van der Waals surface area contributed by atoms with Crippen molar-refractivity contribution in [2.75, 3.05) is 36.8 Å². The van der Waals surface area contributed by atoms with Crippen LogP contribution in [0.3, 0.4) is 0 Å². The van der Waals surface area contributed by atoms with Crippen molar-refractivity contribution in [2.45, 2.75) is 51.5 Å². The Kier molecular flexibility index (Phi) is 4.58. The zero-order chi connectivity index (χ0) is 14.7. The molecule has 1 aliphatic carbocycles. The first-order valence-electron chi connectivity index (χ1n) is 8.38. The van der Waals surface area contributed by atoms with Gasteiger partial charge in [0.15, 0.2) is 0 Å². The Labute approximate surface area is 127 Å². The molecule has 1 aromatic rings. The Morgan fingerprint density at radius 3 is 2.52 bits per heavy atom. The second kappa shape index (κ2) is 6.60. The molecule has 3 rings (SSSR count). The first-order chi connectivity index (χ1) is 10.3. The maximum Gasteiger partial charge on any atom is 0.134 e. The molecule has 116 valence electrons. The Morgan fingerprint density at radius 1 is 1.14 bits per heavy atom. The summed E-state index contributed by atoms with van der Waals surface area (Å²) in [6.07, 6.45) is 7.56. The summed E-state index contributed by atoms with van der Waals surface area (Å²) in [6.45, 7) is 6.55. The summed E-state index contributed by atoms with van der Waals surface area (Å²) in [5, 5.41) is 0. The van der Waals surface area contributed by atoms with Crippen LogP contribution in [-0.4, -0.2) is 47.1 Å². The minimum atomic E-state index is 0.599. The SMILES string of the molecule is CCCc1nc(N)cc(N2CCN(C3CCCC3)CC2)n1. The van der Waals surface area contributed by atoms with Gasteiger partial charge in [-0.2, -0.15) is 0 Å². The minimum Gasteiger partial charge on any atom is -0.384 e. The van der Waals surface area contributed by atoms with Crippen molar-refractivity contribution in [3.05, 3.63) is 11.9 Å². The smallest absolute Gasteiger partial charge is 0.134 e. The van der Waals surface area contributed by atoms with Gasteiger partial charge in [-0.1, -0.05) is 19.8 Å². The molecule has 5 nitrogen and oxygen atoms in total. The standard InChI is InChI=1S/C16H27N5/c1-2-5-15-18-14(17)12-16(19-15)21-10-8-20(9-11-21)13-6-3-4-7-13/h12-13H,2-11H2,1H3,(H2,17,18,19). The number of aromatic nitrogens is 2. The minimum absolute atomic E-state index is 0.599. The van der Waals surface area contributed by atoms with Crippen molar-refractivity contribution in [1.29, 1.82) is 0 Å². The number of hydrogen-bond acceptors (Lipinski definition) is 5. The Morgan fingerprint density at radius 2 is 1.86 bits per heavy atom. The predicted octanol–water partition coefficient (Wildman–Crippen LogP) is 2.08. The maximum atomic E-state index is 5.94. The van der Waals surface area contributed by atoms with Gasteiger partial charge in [-0.15, -0.1) is 0 Å². The zero-order valence-electron chi connectivity index (χ0n) is 13.1. The molecule has 1 aromatic heterocycles. The summed E-state index contributed by atoms with van der Waals surface area (Å²) in [4.78, 5) is 14.0. The number of nitrogen functional groups attached to an aromatic ring is 1. The van der Waals surface area contributed by atoms with E-state index in [1.165, 1.54) is 25.7 Å². The lowest BCUT2D eigenvalue weighted by atomic mass is 10.2. The third kappa shape index (κ3) is 3.46. The fourth-order valence-corrected chi connectivity index (χ4v) is 3.59. The third-order valence-corrected chi connectivity index (χ3v) is 4.73. The van der Waals surface area contributed by atoms with E-state index in [1.54, 1.807) is 0 Å². The predicted molar refractivity (Wildman–Crippen MR) is 86.5 cm³/mol. The van der Waals surface area contributed by atoms with Crippen LogP contribution in [0.2, 0.25) is 0 Å². The van der Waals surface area contributed by atoms with Crippen molar-refractivity contribution in [3.8, 4) is 0 Å². The summed E-state index contributed by atoms with van der Waals surface area (Å²) in [7, 11) is 0. The van der Waals surface area contributed by atoms with Crippen LogP contribution in [0.5, 0.6) is 0 Å². The molecule has 0 unspecified atom stereocenters. The van der Waals surface area contributed by atoms with E-state index in [9.17, 15) is 0 Å². The quantitative estimate of drug-likeness (QED) is 0.919. The van der Waals surface area contributed by atoms with Crippen LogP contribution in [0.25, 0.3) is 0 Å². The van der Waals surface area contributed by atoms with Crippen LogP contribution in [0.4, 0.5) is 11.6 Å². The van der Waals surface area contributed by atoms with Crippen LogP contribution in [-0.2, 0) is 6.42 Å². The molecule has 2 N–H and O–H groups in total. The highest BCUT2D eigenvalue weighted by molar-refractivity contribution is 5.47. The second-order valence-corrected chi connectivity index (χ2v) is 6.28. The number of hydrogen-bond donors (Lipinski definition) is 1. The van der Waals surface area contributed by atoms with E-state index >= 15 is 0 Å². The lowest BCUT2D eigenvalue weighted by molar-refractivity contribution is 0.187. The monoisotopic (exact) mass is 289 g/mol. The van der Waals surface area contributed by atoms with Gasteiger partial charge in [0.1, 0.15) is 17.5 Å². The number of nitrogens with zero attached hydrogens (tertiary/aromatic N) is 4. The molecule has 2 aliphatic rings. The second-order valence-electron chi connectivity index (χ2n) is 6.28. The van der Waals surface area contributed by atoms with Gasteiger partial charge in [0.2, 0.25) is 0 Å². The molecule has 1 saturated heterocycles. The molecule has 0 bridgehead atoms. The molecule has 5 heteroatoms. The van der Waals surface area contributed by atoms with Crippen molar-refractivity contribution >= 4 is 11.6 Å². The normalized spacial score (nSPS) is 21.1. The number of aryl methyl sites for hydroxylation is 1. The van der Waals surface area contributed by atoms with Crippen LogP contribution in [0.1, 0.15) is 44.9 Å². The molecule has 0 radical (unpaired) electrons. The molecule has 1 saturated carbocycles. The lowest BCUT2D eigenvalue weighted by Gasteiger charge is -2.38. The maximum absolute atomic E-state index is 5.94. The van der Waals surface area contributed by atoms with Gasteiger partial charge in [0, 0.05) is 44.7 Å². The molecular formula is C16H27N5. The van der Waals surface area contributed by atoms with E-state index in [0.29, 0.717) is 5.82 Å². The molecule has 0 spiro atoms. The lowest BCUT2D eigenvalue weighted by Crippen LogP contribution is -2.50. The van der Waals surface area contributed by atoms with E-state index in [-0.39, 0.29) is 0 Å². The molecule has 2 fully saturated rings. The Bertz CT molecular complexity index is 462. The first-order valence-corrected chi connectivity index (χ1v) is 8.38. The van der Waals surface area contributed by atoms with Gasteiger partial charge in [-0.05, 0) is 19.3 Å². The Balaban J connectivity index is 1.63. The number of anilines is 2. The topological polar surface area (TPSA) is 58.3 Å². The van der Waals surface area contributed by atoms with Gasteiger partial charge in [0.25, 0.3) is 0 Å². The molecule has 2 heterocycles. The van der Waals surface area contributed by atoms with E-state index < -0.39 is 0 Å². The molecule has 1 aliphatic heterocycles. The Hall–Kier alpha value is -1.36.